The van der Waals surface area contributed by atoms with Crippen LogP contribution in [0.3, 0.4) is 0 Å². The fourth-order valence-electron chi connectivity index (χ4n) is 3.34. The van der Waals surface area contributed by atoms with Gasteiger partial charge in [0.1, 0.15) is 0 Å². The van der Waals surface area contributed by atoms with E-state index in [1.807, 2.05) is 6.92 Å². The van der Waals surface area contributed by atoms with Crippen LogP contribution in [0.15, 0.2) is 24.3 Å². The second-order valence-corrected chi connectivity index (χ2v) is 8.68. The Kier molecular flexibility index (Phi) is 6.99. The van der Waals surface area contributed by atoms with Gasteiger partial charge < -0.3 is 15.1 Å². The highest BCUT2D eigenvalue weighted by molar-refractivity contribution is 7.12. The van der Waals surface area contributed by atoms with E-state index in [1.54, 1.807) is 11.3 Å². The number of piperazine rings is 1. The van der Waals surface area contributed by atoms with Crippen molar-refractivity contribution in [1.82, 2.24) is 20.1 Å². The third kappa shape index (κ3) is 5.86. The first-order valence-electron chi connectivity index (χ1n) is 9.72. The van der Waals surface area contributed by atoms with Crippen LogP contribution in [0.5, 0.6) is 0 Å². The summed E-state index contributed by atoms with van der Waals surface area (Å²) in [6.07, 6.45) is 1.41. The van der Waals surface area contributed by atoms with E-state index in [1.165, 1.54) is 5.56 Å². The molecule has 0 aliphatic carbocycles. The zero-order valence-corrected chi connectivity index (χ0v) is 17.4. The van der Waals surface area contributed by atoms with Crippen molar-refractivity contribution < 1.29 is 4.79 Å². The van der Waals surface area contributed by atoms with E-state index in [9.17, 15) is 4.79 Å². The number of carbonyl (C=O) groups is 1. The lowest BCUT2D eigenvalue weighted by Crippen LogP contribution is -2.45. The van der Waals surface area contributed by atoms with Gasteiger partial charge in [-0.25, -0.2) is 4.98 Å². The molecule has 5 nitrogen and oxygen atoms in total. The summed E-state index contributed by atoms with van der Waals surface area (Å²) in [4.78, 5) is 22.9. The summed E-state index contributed by atoms with van der Waals surface area (Å²) >= 11 is 1.62. The number of rotatable bonds is 7. The zero-order chi connectivity index (χ0) is 19.2. The molecule has 1 aromatic heterocycles. The van der Waals surface area contributed by atoms with Gasteiger partial charge in [-0.05, 0) is 33.9 Å². The van der Waals surface area contributed by atoms with Crippen molar-refractivity contribution in [2.24, 2.45) is 0 Å². The Balaban J connectivity index is 1.47. The number of hydrogen-bond acceptors (Lipinski definition) is 5. The normalized spacial score (nSPS) is 15.8. The van der Waals surface area contributed by atoms with Gasteiger partial charge in [0, 0.05) is 43.2 Å². The third-order valence-corrected chi connectivity index (χ3v) is 5.99. The second-order valence-electron chi connectivity index (χ2n) is 7.40. The fraction of sp³-hybridized carbons (Fsp3) is 0.524. The van der Waals surface area contributed by atoms with Crippen molar-refractivity contribution in [1.29, 1.82) is 0 Å². The molecule has 2 heterocycles. The first-order chi connectivity index (χ1) is 13.0. The molecule has 0 radical (unpaired) electrons. The Morgan fingerprint density at radius 1 is 1.15 bits per heavy atom. The maximum absolute atomic E-state index is 12.4. The Morgan fingerprint density at radius 2 is 1.85 bits per heavy atom. The van der Waals surface area contributed by atoms with E-state index in [-0.39, 0.29) is 5.91 Å². The molecule has 146 valence electrons. The van der Waals surface area contributed by atoms with Gasteiger partial charge in [-0.15, -0.1) is 11.3 Å². The number of benzene rings is 1. The molecule has 3 rings (SSSR count). The van der Waals surface area contributed by atoms with Crippen LogP contribution in [0.1, 0.15) is 21.9 Å². The molecule has 1 fully saturated rings. The van der Waals surface area contributed by atoms with Gasteiger partial charge in [-0.2, -0.15) is 0 Å². The van der Waals surface area contributed by atoms with Crippen molar-refractivity contribution in [2.45, 2.75) is 26.7 Å². The monoisotopic (exact) mass is 386 g/mol. The average Bonchev–Trinajstić information content (AvgIpc) is 3.01. The van der Waals surface area contributed by atoms with Crippen molar-refractivity contribution >= 4 is 17.2 Å². The number of aryl methyl sites for hydroxylation is 2. The molecule has 1 aromatic carbocycles. The summed E-state index contributed by atoms with van der Waals surface area (Å²) in [5, 5.41) is 4.08. The summed E-state index contributed by atoms with van der Waals surface area (Å²) in [6, 6.07) is 8.35. The van der Waals surface area contributed by atoms with Crippen molar-refractivity contribution in [2.75, 3.05) is 46.3 Å². The van der Waals surface area contributed by atoms with Gasteiger partial charge in [0.25, 0.3) is 0 Å². The SMILES string of the molecule is Cc1ccc(-c2nc(C)sc2CC(=O)NCCCN2CCN(C)CC2)cc1. The number of amides is 1. The maximum atomic E-state index is 12.4. The molecule has 1 amide bonds. The van der Waals surface area contributed by atoms with Gasteiger partial charge in [0.15, 0.2) is 0 Å². The molecular weight excluding hydrogens is 356 g/mol. The number of hydrogen-bond donors (Lipinski definition) is 1. The summed E-state index contributed by atoms with van der Waals surface area (Å²) < 4.78 is 0. The number of thiazole rings is 1. The molecule has 0 spiro atoms. The number of carbonyl (C=O) groups excluding carboxylic acids is 1. The smallest absolute Gasteiger partial charge is 0.225 e. The van der Waals surface area contributed by atoms with Gasteiger partial charge in [0.2, 0.25) is 5.91 Å². The first-order valence-corrected chi connectivity index (χ1v) is 10.5. The van der Waals surface area contributed by atoms with Gasteiger partial charge >= 0.3 is 0 Å². The molecule has 1 aliphatic rings. The van der Waals surface area contributed by atoms with Crippen LogP contribution >= 0.6 is 11.3 Å². The molecule has 0 bridgehead atoms. The van der Waals surface area contributed by atoms with Crippen LogP contribution in [0.4, 0.5) is 0 Å². The summed E-state index contributed by atoms with van der Waals surface area (Å²) in [5.41, 5.74) is 3.26. The fourth-order valence-corrected chi connectivity index (χ4v) is 4.29. The van der Waals surface area contributed by atoms with E-state index >= 15 is 0 Å². The highest BCUT2D eigenvalue weighted by atomic mass is 32.1. The van der Waals surface area contributed by atoms with E-state index in [2.05, 4.69) is 58.3 Å². The topological polar surface area (TPSA) is 48.5 Å². The van der Waals surface area contributed by atoms with Crippen molar-refractivity contribution in [3.63, 3.8) is 0 Å². The van der Waals surface area contributed by atoms with E-state index in [0.29, 0.717) is 6.42 Å². The minimum absolute atomic E-state index is 0.0883. The number of aromatic nitrogens is 1. The van der Waals surface area contributed by atoms with Crippen molar-refractivity contribution in [3.05, 3.63) is 39.7 Å². The summed E-state index contributed by atoms with van der Waals surface area (Å²) in [5.74, 6) is 0.0883. The van der Waals surface area contributed by atoms with Crippen LogP contribution in [0, 0.1) is 13.8 Å². The lowest BCUT2D eigenvalue weighted by Gasteiger charge is -2.32. The van der Waals surface area contributed by atoms with Gasteiger partial charge in [-0.3, -0.25) is 4.79 Å². The quantitative estimate of drug-likeness (QED) is 0.744. The minimum atomic E-state index is 0.0883. The predicted molar refractivity (Wildman–Crippen MR) is 112 cm³/mol. The highest BCUT2D eigenvalue weighted by Gasteiger charge is 2.15. The van der Waals surface area contributed by atoms with Gasteiger partial charge in [0.05, 0.1) is 17.1 Å². The molecule has 1 aliphatic heterocycles. The standard InChI is InChI=1S/C21H30N4OS/c1-16-5-7-18(8-6-16)21-19(27-17(2)23-21)15-20(26)22-9-4-10-25-13-11-24(3)12-14-25/h5-8H,4,9-15H2,1-3H3,(H,22,26). The number of nitrogens with one attached hydrogen (secondary N) is 1. The molecule has 0 unspecified atom stereocenters. The third-order valence-electron chi connectivity index (χ3n) is 5.02. The van der Waals surface area contributed by atoms with Crippen molar-refractivity contribution in [3.8, 4) is 11.3 Å². The lowest BCUT2D eigenvalue weighted by atomic mass is 10.1. The van der Waals surface area contributed by atoms with Crippen LogP contribution < -0.4 is 5.32 Å². The van der Waals surface area contributed by atoms with Gasteiger partial charge in [-0.1, -0.05) is 29.8 Å². The molecule has 0 saturated carbocycles. The molecule has 1 saturated heterocycles. The number of nitrogens with zero attached hydrogens (tertiary/aromatic N) is 3. The molecule has 2 aromatic rings. The second kappa shape index (κ2) is 9.44. The van der Waals surface area contributed by atoms with E-state index in [0.717, 1.165) is 66.8 Å². The number of likely N-dealkylation sites (N-methyl/N-ethyl adjacent to an activating group) is 1. The first kappa shape index (κ1) is 20.0. The Morgan fingerprint density at radius 3 is 2.56 bits per heavy atom. The molecular formula is C21H30N4OS. The Labute approximate surface area is 166 Å². The minimum Gasteiger partial charge on any atom is -0.356 e. The molecule has 6 heteroatoms. The molecule has 1 N–H and O–H groups in total. The zero-order valence-electron chi connectivity index (χ0n) is 16.6. The average molecular weight is 387 g/mol. The van der Waals surface area contributed by atoms with Crippen LogP contribution in [-0.2, 0) is 11.2 Å². The van der Waals surface area contributed by atoms with Crippen LogP contribution in [-0.4, -0.2) is 67.0 Å². The predicted octanol–water partition coefficient (Wildman–Crippen LogP) is 2.72. The summed E-state index contributed by atoms with van der Waals surface area (Å²) in [6.45, 7) is 10.4. The maximum Gasteiger partial charge on any atom is 0.225 e. The van der Waals surface area contributed by atoms with Crippen LogP contribution in [0.25, 0.3) is 11.3 Å². The largest absolute Gasteiger partial charge is 0.356 e. The Bertz CT molecular complexity index is 748. The Hall–Kier alpha value is -1.76. The van der Waals surface area contributed by atoms with Crippen LogP contribution in [0.2, 0.25) is 0 Å². The molecule has 0 atom stereocenters. The highest BCUT2D eigenvalue weighted by Crippen LogP contribution is 2.28. The molecule has 27 heavy (non-hydrogen) atoms. The van der Waals surface area contributed by atoms with E-state index in [4.69, 9.17) is 0 Å². The summed E-state index contributed by atoms with van der Waals surface area (Å²) in [7, 11) is 2.17. The lowest BCUT2D eigenvalue weighted by molar-refractivity contribution is -0.120. The van der Waals surface area contributed by atoms with E-state index < -0.39 is 0 Å².